The second-order valence-corrected chi connectivity index (χ2v) is 4.20. The van der Waals surface area contributed by atoms with E-state index in [0.717, 1.165) is 19.2 Å². The van der Waals surface area contributed by atoms with Crippen molar-refractivity contribution in [3.05, 3.63) is 0 Å². The Kier molecular flexibility index (Phi) is 4.70. The first-order valence-corrected chi connectivity index (χ1v) is 5.08. The van der Waals surface area contributed by atoms with Gasteiger partial charge in [0, 0.05) is 20.2 Å². The molecule has 0 aromatic rings. The molecule has 0 aromatic carbocycles. The normalized spacial score (nSPS) is 24.5. The molecule has 1 unspecified atom stereocenters. The number of likely N-dealkylation sites (tertiary alicyclic amines) is 1. The average Bonchev–Trinajstić information content (AvgIpc) is 2.49. The maximum absolute atomic E-state index is 5.06. The molecule has 3 heteroatoms. The van der Waals surface area contributed by atoms with Gasteiger partial charge in [-0.2, -0.15) is 0 Å². The quantitative estimate of drug-likeness (QED) is 0.592. The van der Waals surface area contributed by atoms with Crippen LogP contribution in [0.2, 0.25) is 0 Å². The van der Waals surface area contributed by atoms with Crippen LogP contribution in [0.3, 0.4) is 0 Å². The first-order valence-electron chi connectivity index (χ1n) is 5.08. The highest BCUT2D eigenvalue weighted by Gasteiger charge is 2.19. The Bertz CT molecular complexity index is 141. The van der Waals surface area contributed by atoms with Crippen molar-refractivity contribution < 1.29 is 4.74 Å². The van der Waals surface area contributed by atoms with Crippen molar-refractivity contribution in [2.75, 3.05) is 47.6 Å². The molecule has 1 atom stereocenters. The van der Waals surface area contributed by atoms with Crippen LogP contribution < -0.4 is 0 Å². The van der Waals surface area contributed by atoms with Crippen molar-refractivity contribution in [1.82, 2.24) is 9.80 Å². The summed E-state index contributed by atoms with van der Waals surface area (Å²) in [5, 5.41) is 0. The van der Waals surface area contributed by atoms with E-state index in [1.165, 1.54) is 25.9 Å². The fourth-order valence-electron chi connectivity index (χ4n) is 1.95. The van der Waals surface area contributed by atoms with Crippen molar-refractivity contribution >= 4 is 0 Å². The van der Waals surface area contributed by atoms with E-state index in [2.05, 4.69) is 23.9 Å². The summed E-state index contributed by atoms with van der Waals surface area (Å²) in [4.78, 5) is 4.65. The number of ether oxygens (including phenoxy) is 1. The Morgan fingerprint density at radius 3 is 2.85 bits per heavy atom. The summed E-state index contributed by atoms with van der Waals surface area (Å²) in [7, 11) is 6.07. The van der Waals surface area contributed by atoms with E-state index in [0.29, 0.717) is 0 Å². The first kappa shape index (κ1) is 11.0. The van der Waals surface area contributed by atoms with Crippen LogP contribution in [-0.2, 0) is 4.74 Å². The number of methoxy groups -OCH3 is 1. The molecule has 0 radical (unpaired) electrons. The standard InChI is InChI=1S/C10H22N2O/c1-11-6-4-10(8-11)5-7-12(2)9-13-3/h10H,4-9H2,1-3H3. The molecule has 13 heavy (non-hydrogen) atoms. The molecule has 0 aliphatic carbocycles. The summed E-state index contributed by atoms with van der Waals surface area (Å²) in [5.41, 5.74) is 0. The fourth-order valence-corrected chi connectivity index (χ4v) is 1.95. The van der Waals surface area contributed by atoms with Gasteiger partial charge in [0.2, 0.25) is 0 Å². The lowest BCUT2D eigenvalue weighted by molar-refractivity contribution is 0.0782. The maximum atomic E-state index is 5.06. The van der Waals surface area contributed by atoms with Gasteiger partial charge in [0.1, 0.15) is 0 Å². The lowest BCUT2D eigenvalue weighted by Crippen LogP contribution is -2.24. The van der Waals surface area contributed by atoms with Gasteiger partial charge >= 0.3 is 0 Å². The summed E-state index contributed by atoms with van der Waals surface area (Å²) in [6.45, 7) is 4.47. The Hall–Kier alpha value is -0.120. The van der Waals surface area contributed by atoms with Gasteiger partial charge in [0.25, 0.3) is 0 Å². The molecule has 1 rings (SSSR count). The van der Waals surface area contributed by atoms with Crippen molar-refractivity contribution in [1.29, 1.82) is 0 Å². The minimum Gasteiger partial charge on any atom is -0.369 e. The lowest BCUT2D eigenvalue weighted by Gasteiger charge is -2.17. The van der Waals surface area contributed by atoms with Crippen LogP contribution in [0.1, 0.15) is 12.8 Å². The third-order valence-electron chi connectivity index (χ3n) is 2.76. The summed E-state index contributed by atoms with van der Waals surface area (Å²) < 4.78 is 5.06. The monoisotopic (exact) mass is 186 g/mol. The largest absolute Gasteiger partial charge is 0.369 e. The van der Waals surface area contributed by atoms with Gasteiger partial charge in [-0.15, -0.1) is 0 Å². The third kappa shape index (κ3) is 4.07. The molecular formula is C10H22N2O. The summed E-state index contributed by atoms with van der Waals surface area (Å²) >= 11 is 0. The summed E-state index contributed by atoms with van der Waals surface area (Å²) in [6.07, 6.45) is 2.68. The molecule has 0 aromatic heterocycles. The third-order valence-corrected chi connectivity index (χ3v) is 2.76. The Labute approximate surface area is 81.7 Å². The predicted molar refractivity (Wildman–Crippen MR) is 54.7 cm³/mol. The molecule has 0 saturated carbocycles. The van der Waals surface area contributed by atoms with E-state index in [-0.39, 0.29) is 0 Å². The van der Waals surface area contributed by atoms with Gasteiger partial charge in [0.05, 0.1) is 6.73 Å². The summed E-state index contributed by atoms with van der Waals surface area (Å²) in [6, 6.07) is 0. The highest BCUT2D eigenvalue weighted by Crippen LogP contribution is 2.17. The number of nitrogens with zero attached hydrogens (tertiary/aromatic N) is 2. The van der Waals surface area contributed by atoms with Crippen molar-refractivity contribution in [2.24, 2.45) is 5.92 Å². The Morgan fingerprint density at radius 2 is 2.31 bits per heavy atom. The second kappa shape index (κ2) is 5.58. The first-order chi connectivity index (χ1) is 6.22. The SMILES string of the molecule is COCN(C)CCC1CCN(C)C1. The smallest absolute Gasteiger partial charge is 0.0983 e. The second-order valence-electron chi connectivity index (χ2n) is 4.20. The molecule has 0 N–H and O–H groups in total. The van der Waals surface area contributed by atoms with Gasteiger partial charge < -0.3 is 9.64 Å². The van der Waals surface area contributed by atoms with Crippen LogP contribution in [0.15, 0.2) is 0 Å². The lowest BCUT2D eigenvalue weighted by atomic mass is 10.1. The van der Waals surface area contributed by atoms with E-state index in [1.54, 1.807) is 7.11 Å². The van der Waals surface area contributed by atoms with Crippen LogP contribution in [0, 0.1) is 5.92 Å². The highest BCUT2D eigenvalue weighted by atomic mass is 16.5. The van der Waals surface area contributed by atoms with Gasteiger partial charge in [0.15, 0.2) is 0 Å². The van der Waals surface area contributed by atoms with E-state index >= 15 is 0 Å². The Balaban J connectivity index is 2.05. The molecule has 1 heterocycles. The van der Waals surface area contributed by atoms with Crippen molar-refractivity contribution in [3.63, 3.8) is 0 Å². The minimum atomic E-state index is 0.753. The van der Waals surface area contributed by atoms with Crippen LogP contribution >= 0.6 is 0 Å². The van der Waals surface area contributed by atoms with E-state index in [1.807, 2.05) is 0 Å². The highest BCUT2D eigenvalue weighted by molar-refractivity contribution is 4.73. The topological polar surface area (TPSA) is 15.7 Å². The molecule has 0 amide bonds. The van der Waals surface area contributed by atoms with Crippen LogP contribution in [0.5, 0.6) is 0 Å². The van der Waals surface area contributed by atoms with Crippen molar-refractivity contribution in [2.45, 2.75) is 12.8 Å². The zero-order valence-corrected chi connectivity index (χ0v) is 9.12. The average molecular weight is 186 g/mol. The van der Waals surface area contributed by atoms with Crippen LogP contribution in [0.4, 0.5) is 0 Å². The van der Waals surface area contributed by atoms with Crippen LogP contribution in [-0.4, -0.2) is 57.4 Å². The zero-order valence-electron chi connectivity index (χ0n) is 9.12. The Morgan fingerprint density at radius 1 is 1.54 bits per heavy atom. The van der Waals surface area contributed by atoms with Crippen molar-refractivity contribution in [3.8, 4) is 0 Å². The summed E-state index contributed by atoms with van der Waals surface area (Å²) in [5.74, 6) is 0.907. The number of rotatable bonds is 5. The molecule has 78 valence electrons. The molecule has 3 nitrogen and oxygen atoms in total. The van der Waals surface area contributed by atoms with E-state index in [9.17, 15) is 0 Å². The van der Waals surface area contributed by atoms with Gasteiger partial charge in [-0.1, -0.05) is 0 Å². The molecule has 0 bridgehead atoms. The molecule has 0 spiro atoms. The van der Waals surface area contributed by atoms with Gasteiger partial charge in [-0.05, 0) is 39.4 Å². The molecule has 1 aliphatic heterocycles. The molecular weight excluding hydrogens is 164 g/mol. The van der Waals surface area contributed by atoms with Gasteiger partial charge in [-0.25, -0.2) is 0 Å². The zero-order chi connectivity index (χ0) is 9.68. The fraction of sp³-hybridized carbons (Fsp3) is 1.00. The maximum Gasteiger partial charge on any atom is 0.0983 e. The predicted octanol–water partition coefficient (Wildman–Crippen LogP) is 0.864. The van der Waals surface area contributed by atoms with E-state index < -0.39 is 0 Å². The molecule has 1 fully saturated rings. The number of hydrogen-bond donors (Lipinski definition) is 0. The van der Waals surface area contributed by atoms with Gasteiger partial charge in [-0.3, -0.25) is 4.90 Å². The molecule has 1 saturated heterocycles. The van der Waals surface area contributed by atoms with E-state index in [4.69, 9.17) is 4.74 Å². The number of hydrogen-bond acceptors (Lipinski definition) is 3. The van der Waals surface area contributed by atoms with Crippen LogP contribution in [0.25, 0.3) is 0 Å². The molecule has 1 aliphatic rings. The minimum absolute atomic E-state index is 0.753.